The normalized spacial score (nSPS) is 10.1. The molecule has 0 saturated carbocycles. The summed E-state index contributed by atoms with van der Waals surface area (Å²) in [5.74, 6) is 0.784. The van der Waals surface area contributed by atoms with Crippen molar-refractivity contribution < 1.29 is 19.1 Å². The number of hydrogen-bond donors (Lipinski definition) is 2. The molecule has 25 heavy (non-hydrogen) atoms. The Morgan fingerprint density at radius 2 is 1.72 bits per heavy atom. The number of benzene rings is 2. The van der Waals surface area contributed by atoms with Crippen LogP contribution < -0.4 is 20.1 Å². The first-order chi connectivity index (χ1) is 12.0. The van der Waals surface area contributed by atoms with E-state index in [0.717, 1.165) is 16.9 Å². The SMILES string of the molecule is CNC(=O)c1ccc(OC)c(NC(=O)Cc2ccc(C)c(OC)c2)c1. The maximum absolute atomic E-state index is 12.4. The van der Waals surface area contributed by atoms with Crippen molar-refractivity contribution >= 4 is 17.5 Å². The molecule has 2 aromatic carbocycles. The van der Waals surface area contributed by atoms with E-state index in [1.165, 1.54) is 7.11 Å². The zero-order valence-corrected chi connectivity index (χ0v) is 14.8. The summed E-state index contributed by atoms with van der Waals surface area (Å²) in [7, 11) is 4.66. The standard InChI is InChI=1S/C19H22N2O4/c1-12-5-6-13(9-17(12)25-4)10-18(22)21-15-11-14(19(23)20-2)7-8-16(15)24-3/h5-9,11H,10H2,1-4H3,(H,20,23)(H,21,22). The third-order valence-corrected chi connectivity index (χ3v) is 3.80. The van der Waals surface area contributed by atoms with Gasteiger partial charge in [-0.3, -0.25) is 9.59 Å². The second-order valence-corrected chi connectivity index (χ2v) is 5.52. The van der Waals surface area contributed by atoms with Crippen molar-refractivity contribution in [2.75, 3.05) is 26.6 Å². The van der Waals surface area contributed by atoms with Crippen LogP contribution in [-0.4, -0.2) is 33.1 Å². The van der Waals surface area contributed by atoms with E-state index in [0.29, 0.717) is 17.0 Å². The summed E-state index contributed by atoms with van der Waals surface area (Å²) in [6.45, 7) is 1.94. The molecule has 0 radical (unpaired) electrons. The number of rotatable bonds is 6. The number of methoxy groups -OCH3 is 2. The third-order valence-electron chi connectivity index (χ3n) is 3.80. The fourth-order valence-electron chi connectivity index (χ4n) is 2.45. The van der Waals surface area contributed by atoms with Gasteiger partial charge in [0.1, 0.15) is 11.5 Å². The molecule has 0 aromatic heterocycles. The fraction of sp³-hybridized carbons (Fsp3) is 0.263. The Morgan fingerprint density at radius 3 is 2.36 bits per heavy atom. The van der Waals surface area contributed by atoms with Gasteiger partial charge in [0.15, 0.2) is 0 Å². The van der Waals surface area contributed by atoms with Gasteiger partial charge < -0.3 is 20.1 Å². The van der Waals surface area contributed by atoms with Gasteiger partial charge in [0, 0.05) is 12.6 Å². The number of nitrogens with one attached hydrogen (secondary N) is 2. The van der Waals surface area contributed by atoms with Crippen LogP contribution in [0.3, 0.4) is 0 Å². The highest BCUT2D eigenvalue weighted by Gasteiger charge is 2.13. The first-order valence-corrected chi connectivity index (χ1v) is 7.82. The van der Waals surface area contributed by atoms with Crippen LogP contribution in [0.25, 0.3) is 0 Å². The lowest BCUT2D eigenvalue weighted by atomic mass is 10.1. The van der Waals surface area contributed by atoms with Crippen LogP contribution in [0, 0.1) is 6.92 Å². The summed E-state index contributed by atoms with van der Waals surface area (Å²) in [4.78, 5) is 24.1. The molecule has 0 aliphatic heterocycles. The van der Waals surface area contributed by atoms with Crippen LogP contribution >= 0.6 is 0 Å². The highest BCUT2D eigenvalue weighted by Crippen LogP contribution is 2.26. The van der Waals surface area contributed by atoms with Crippen molar-refractivity contribution in [3.05, 3.63) is 53.1 Å². The van der Waals surface area contributed by atoms with Crippen molar-refractivity contribution in [3.8, 4) is 11.5 Å². The molecule has 2 amide bonds. The van der Waals surface area contributed by atoms with Crippen LogP contribution in [0.5, 0.6) is 11.5 Å². The Kier molecular flexibility index (Phi) is 6.00. The van der Waals surface area contributed by atoms with E-state index in [4.69, 9.17) is 9.47 Å². The predicted octanol–water partition coefficient (Wildman–Crippen LogP) is 2.55. The van der Waals surface area contributed by atoms with Crippen LogP contribution in [0.1, 0.15) is 21.5 Å². The summed E-state index contributed by atoms with van der Waals surface area (Å²) < 4.78 is 10.5. The number of hydrogen-bond acceptors (Lipinski definition) is 4. The molecule has 0 heterocycles. The highest BCUT2D eigenvalue weighted by molar-refractivity contribution is 5.98. The van der Waals surface area contributed by atoms with Gasteiger partial charge in [-0.25, -0.2) is 0 Å². The molecular formula is C19H22N2O4. The maximum atomic E-state index is 12.4. The molecule has 0 atom stereocenters. The fourth-order valence-corrected chi connectivity index (χ4v) is 2.45. The van der Waals surface area contributed by atoms with Gasteiger partial charge in [-0.2, -0.15) is 0 Å². The lowest BCUT2D eigenvalue weighted by Gasteiger charge is -2.12. The molecule has 0 bridgehead atoms. The molecule has 0 saturated heterocycles. The van der Waals surface area contributed by atoms with Crippen molar-refractivity contribution in [1.29, 1.82) is 0 Å². The second kappa shape index (κ2) is 8.19. The number of aryl methyl sites for hydroxylation is 1. The van der Waals surface area contributed by atoms with Crippen LogP contribution in [0.15, 0.2) is 36.4 Å². The topological polar surface area (TPSA) is 76.7 Å². The summed E-state index contributed by atoms with van der Waals surface area (Å²) in [5, 5.41) is 5.35. The predicted molar refractivity (Wildman–Crippen MR) is 96.4 cm³/mol. The molecule has 0 unspecified atom stereocenters. The molecule has 0 spiro atoms. The molecule has 0 aliphatic carbocycles. The Labute approximate surface area is 147 Å². The zero-order valence-electron chi connectivity index (χ0n) is 14.8. The quantitative estimate of drug-likeness (QED) is 0.846. The van der Waals surface area contributed by atoms with Crippen molar-refractivity contribution in [3.63, 3.8) is 0 Å². The van der Waals surface area contributed by atoms with E-state index in [1.54, 1.807) is 32.4 Å². The van der Waals surface area contributed by atoms with E-state index >= 15 is 0 Å². The van der Waals surface area contributed by atoms with Gasteiger partial charge in [-0.15, -0.1) is 0 Å². The first-order valence-electron chi connectivity index (χ1n) is 7.82. The summed E-state index contributed by atoms with van der Waals surface area (Å²) in [6.07, 6.45) is 0.185. The lowest BCUT2D eigenvalue weighted by Crippen LogP contribution is -2.19. The first kappa shape index (κ1) is 18.3. The van der Waals surface area contributed by atoms with E-state index < -0.39 is 0 Å². The summed E-state index contributed by atoms with van der Waals surface area (Å²) in [5.41, 5.74) is 2.73. The summed E-state index contributed by atoms with van der Waals surface area (Å²) >= 11 is 0. The number of carbonyl (C=O) groups excluding carboxylic acids is 2. The minimum absolute atomic E-state index is 0.185. The molecule has 2 N–H and O–H groups in total. The molecule has 132 valence electrons. The average Bonchev–Trinajstić information content (AvgIpc) is 2.62. The lowest BCUT2D eigenvalue weighted by molar-refractivity contribution is -0.115. The van der Waals surface area contributed by atoms with E-state index in [1.807, 2.05) is 25.1 Å². The van der Waals surface area contributed by atoms with Crippen molar-refractivity contribution in [2.24, 2.45) is 0 Å². The van der Waals surface area contributed by atoms with E-state index in [-0.39, 0.29) is 18.2 Å². The van der Waals surface area contributed by atoms with Crippen LogP contribution in [-0.2, 0) is 11.2 Å². The second-order valence-electron chi connectivity index (χ2n) is 5.52. The Bertz CT molecular complexity index is 787. The van der Waals surface area contributed by atoms with Crippen LogP contribution in [0.4, 0.5) is 5.69 Å². The number of anilines is 1. The van der Waals surface area contributed by atoms with Gasteiger partial charge in [-0.05, 0) is 42.3 Å². The van der Waals surface area contributed by atoms with Gasteiger partial charge in [-0.1, -0.05) is 12.1 Å². The zero-order chi connectivity index (χ0) is 18.4. The Morgan fingerprint density at radius 1 is 1.00 bits per heavy atom. The summed E-state index contributed by atoms with van der Waals surface area (Å²) in [6, 6.07) is 10.5. The monoisotopic (exact) mass is 342 g/mol. The van der Waals surface area contributed by atoms with Crippen molar-refractivity contribution in [2.45, 2.75) is 13.3 Å². The minimum Gasteiger partial charge on any atom is -0.496 e. The van der Waals surface area contributed by atoms with E-state index in [9.17, 15) is 9.59 Å². The highest BCUT2D eigenvalue weighted by atomic mass is 16.5. The van der Waals surface area contributed by atoms with Gasteiger partial charge >= 0.3 is 0 Å². The van der Waals surface area contributed by atoms with Gasteiger partial charge in [0.2, 0.25) is 5.91 Å². The average molecular weight is 342 g/mol. The number of carbonyl (C=O) groups is 2. The molecule has 2 aromatic rings. The van der Waals surface area contributed by atoms with E-state index in [2.05, 4.69) is 10.6 Å². The minimum atomic E-state index is -0.235. The van der Waals surface area contributed by atoms with Gasteiger partial charge in [0.05, 0.1) is 26.3 Å². The number of ether oxygens (including phenoxy) is 2. The molecule has 2 rings (SSSR count). The van der Waals surface area contributed by atoms with Crippen LogP contribution in [0.2, 0.25) is 0 Å². The Hall–Kier alpha value is -3.02. The smallest absolute Gasteiger partial charge is 0.251 e. The van der Waals surface area contributed by atoms with Gasteiger partial charge in [0.25, 0.3) is 5.91 Å². The van der Waals surface area contributed by atoms with Crippen molar-refractivity contribution in [1.82, 2.24) is 5.32 Å². The molecular weight excluding hydrogens is 320 g/mol. The number of amides is 2. The molecule has 6 nitrogen and oxygen atoms in total. The Balaban J connectivity index is 2.18. The molecule has 6 heteroatoms. The maximum Gasteiger partial charge on any atom is 0.251 e. The molecule has 0 aliphatic rings. The third kappa shape index (κ3) is 4.50. The largest absolute Gasteiger partial charge is 0.496 e. The molecule has 0 fully saturated rings.